The molecule has 0 spiro atoms. The van der Waals surface area contributed by atoms with Gasteiger partial charge in [0, 0.05) is 17.8 Å². The summed E-state index contributed by atoms with van der Waals surface area (Å²) in [7, 11) is 0. The minimum Gasteiger partial charge on any atom is -0.489 e. The van der Waals surface area contributed by atoms with Crippen LogP contribution in [0.1, 0.15) is 37.5 Å². The zero-order chi connectivity index (χ0) is 19.6. The van der Waals surface area contributed by atoms with E-state index in [0.717, 1.165) is 12.3 Å². The molecule has 0 radical (unpaired) electrons. The highest BCUT2D eigenvalue weighted by Crippen LogP contribution is 2.41. The predicted octanol–water partition coefficient (Wildman–Crippen LogP) is 6.47. The van der Waals surface area contributed by atoms with Crippen LogP contribution in [-0.4, -0.2) is 5.54 Å². The molecule has 1 heterocycles. The van der Waals surface area contributed by atoms with Crippen molar-refractivity contribution in [1.82, 2.24) is 0 Å². The van der Waals surface area contributed by atoms with Crippen molar-refractivity contribution in [1.29, 1.82) is 0 Å². The van der Waals surface area contributed by atoms with Gasteiger partial charge >= 0.3 is 0 Å². The lowest BCUT2D eigenvalue weighted by atomic mass is 9.88. The molecule has 142 valence electrons. The third-order valence-electron chi connectivity index (χ3n) is 5.38. The summed E-state index contributed by atoms with van der Waals surface area (Å²) in [5, 5.41) is 0. The molecule has 0 aromatic heterocycles. The first-order valence-electron chi connectivity index (χ1n) is 9.85. The fraction of sp³-hybridized carbons (Fsp3) is 0.231. The second-order valence-electron chi connectivity index (χ2n) is 8.01. The molecule has 28 heavy (non-hydrogen) atoms. The molecule has 3 aromatic carbocycles. The van der Waals surface area contributed by atoms with Crippen LogP contribution >= 0.6 is 0 Å². The molecule has 0 aliphatic carbocycles. The van der Waals surface area contributed by atoms with Crippen LogP contribution in [-0.2, 0) is 13.2 Å². The topological polar surface area (TPSA) is 12.5 Å². The van der Waals surface area contributed by atoms with Gasteiger partial charge in [0.2, 0.25) is 0 Å². The highest BCUT2D eigenvalue weighted by Gasteiger charge is 2.31. The Kier molecular flexibility index (Phi) is 4.95. The number of anilines is 1. The van der Waals surface area contributed by atoms with Crippen molar-refractivity contribution in [3.63, 3.8) is 0 Å². The molecule has 0 saturated heterocycles. The fourth-order valence-electron chi connectivity index (χ4n) is 3.95. The lowest BCUT2D eigenvalue weighted by molar-refractivity contribution is 0.306. The van der Waals surface area contributed by atoms with Gasteiger partial charge in [-0.1, -0.05) is 66.7 Å². The van der Waals surface area contributed by atoms with E-state index in [1.165, 1.54) is 28.0 Å². The van der Waals surface area contributed by atoms with Crippen LogP contribution in [0, 0.1) is 0 Å². The van der Waals surface area contributed by atoms with Gasteiger partial charge < -0.3 is 9.64 Å². The van der Waals surface area contributed by atoms with Crippen molar-refractivity contribution >= 4 is 11.3 Å². The largest absolute Gasteiger partial charge is 0.489 e. The van der Waals surface area contributed by atoms with Crippen LogP contribution in [0.4, 0.5) is 5.69 Å². The molecule has 2 nitrogen and oxygen atoms in total. The fourth-order valence-corrected chi connectivity index (χ4v) is 3.95. The van der Waals surface area contributed by atoms with Crippen LogP contribution in [0.3, 0.4) is 0 Å². The van der Waals surface area contributed by atoms with Gasteiger partial charge in [-0.15, -0.1) is 0 Å². The summed E-state index contributed by atoms with van der Waals surface area (Å²) >= 11 is 0. The third kappa shape index (κ3) is 3.82. The van der Waals surface area contributed by atoms with Gasteiger partial charge in [0.05, 0.1) is 5.54 Å². The number of fused-ring (bicyclic) bond motifs is 1. The molecular weight excluding hydrogens is 342 g/mol. The van der Waals surface area contributed by atoms with Gasteiger partial charge in [0.15, 0.2) is 0 Å². The van der Waals surface area contributed by atoms with Gasteiger partial charge in [-0.05, 0) is 55.7 Å². The lowest BCUT2D eigenvalue weighted by Gasteiger charge is -2.43. The Morgan fingerprint density at radius 1 is 0.821 bits per heavy atom. The van der Waals surface area contributed by atoms with Crippen molar-refractivity contribution in [2.75, 3.05) is 4.90 Å². The molecule has 0 saturated carbocycles. The molecule has 1 aliphatic rings. The zero-order valence-corrected chi connectivity index (χ0v) is 16.9. The summed E-state index contributed by atoms with van der Waals surface area (Å²) in [6, 6.07) is 27.4. The quantitative estimate of drug-likeness (QED) is 0.511. The molecule has 4 rings (SSSR count). The summed E-state index contributed by atoms with van der Waals surface area (Å²) in [5.41, 5.74) is 6.27. The Bertz CT molecular complexity index is 974. The summed E-state index contributed by atoms with van der Waals surface area (Å²) < 4.78 is 6.07. The van der Waals surface area contributed by atoms with Crippen LogP contribution in [0.2, 0.25) is 0 Å². The summed E-state index contributed by atoms with van der Waals surface area (Å²) in [4.78, 5) is 2.48. The van der Waals surface area contributed by atoms with Gasteiger partial charge in [-0.25, -0.2) is 0 Å². The van der Waals surface area contributed by atoms with Crippen molar-refractivity contribution in [2.45, 2.75) is 39.5 Å². The van der Waals surface area contributed by atoms with Gasteiger partial charge in [-0.3, -0.25) is 0 Å². The van der Waals surface area contributed by atoms with Crippen LogP contribution in [0.25, 0.3) is 5.57 Å². The third-order valence-corrected chi connectivity index (χ3v) is 5.38. The normalized spacial score (nSPS) is 15.0. The smallest absolute Gasteiger partial charge is 0.120 e. The molecule has 2 heteroatoms. The van der Waals surface area contributed by atoms with Gasteiger partial charge in [0.1, 0.15) is 12.4 Å². The molecule has 0 fully saturated rings. The van der Waals surface area contributed by atoms with E-state index >= 15 is 0 Å². The summed E-state index contributed by atoms with van der Waals surface area (Å²) in [6.45, 7) is 8.22. The van der Waals surface area contributed by atoms with Crippen LogP contribution in [0.5, 0.6) is 5.75 Å². The Hall–Kier alpha value is -3.00. The summed E-state index contributed by atoms with van der Waals surface area (Å²) in [6.07, 6.45) is 2.36. The standard InChI is InChI=1S/C26H27NO/c1-20-17-26(2,3)27(18-21-10-6-4-7-11-21)25-15-14-23(16-24(20)25)28-19-22-12-8-5-9-13-22/h4-17H,18-19H2,1-3H3. The second-order valence-corrected chi connectivity index (χ2v) is 8.01. The Morgan fingerprint density at radius 3 is 2.14 bits per heavy atom. The molecular formula is C26H27NO. The minimum atomic E-state index is -0.0423. The predicted molar refractivity (Wildman–Crippen MR) is 118 cm³/mol. The maximum Gasteiger partial charge on any atom is 0.120 e. The van der Waals surface area contributed by atoms with E-state index in [4.69, 9.17) is 4.74 Å². The van der Waals surface area contributed by atoms with Crippen LogP contribution in [0.15, 0.2) is 84.9 Å². The van der Waals surface area contributed by atoms with E-state index in [1.807, 2.05) is 18.2 Å². The molecule has 3 aromatic rings. The molecule has 0 N–H and O–H groups in total. The molecule has 0 unspecified atom stereocenters. The van der Waals surface area contributed by atoms with Gasteiger partial charge in [-0.2, -0.15) is 0 Å². The Balaban J connectivity index is 1.62. The zero-order valence-electron chi connectivity index (χ0n) is 16.9. The van der Waals surface area contributed by atoms with E-state index in [9.17, 15) is 0 Å². The average Bonchev–Trinajstić information content (AvgIpc) is 2.71. The highest BCUT2D eigenvalue weighted by atomic mass is 16.5. The number of allylic oxidation sites excluding steroid dienone is 1. The van der Waals surface area contributed by atoms with E-state index < -0.39 is 0 Å². The number of hydrogen-bond donors (Lipinski definition) is 0. The van der Waals surface area contributed by atoms with E-state index in [2.05, 4.69) is 92.4 Å². The Morgan fingerprint density at radius 2 is 1.46 bits per heavy atom. The number of rotatable bonds is 5. The molecule has 0 atom stereocenters. The summed E-state index contributed by atoms with van der Waals surface area (Å²) in [5.74, 6) is 0.912. The number of hydrogen-bond acceptors (Lipinski definition) is 2. The lowest BCUT2D eigenvalue weighted by Crippen LogP contribution is -2.44. The van der Waals surface area contributed by atoms with E-state index in [-0.39, 0.29) is 5.54 Å². The molecule has 1 aliphatic heterocycles. The van der Waals surface area contributed by atoms with Crippen molar-refractivity contribution < 1.29 is 4.74 Å². The monoisotopic (exact) mass is 369 g/mol. The SMILES string of the molecule is CC1=CC(C)(C)N(Cc2ccccc2)c2ccc(OCc3ccccc3)cc21. The number of benzene rings is 3. The first kappa shape index (κ1) is 18.4. The van der Waals surface area contributed by atoms with Crippen LogP contribution < -0.4 is 9.64 Å². The van der Waals surface area contributed by atoms with Gasteiger partial charge in [0.25, 0.3) is 0 Å². The van der Waals surface area contributed by atoms with Crippen molar-refractivity contribution in [2.24, 2.45) is 0 Å². The highest BCUT2D eigenvalue weighted by molar-refractivity contribution is 5.82. The molecule has 0 bridgehead atoms. The second kappa shape index (κ2) is 7.55. The van der Waals surface area contributed by atoms with Crippen molar-refractivity contribution in [3.05, 3.63) is 102 Å². The maximum absolute atomic E-state index is 6.07. The number of nitrogens with zero attached hydrogens (tertiary/aromatic N) is 1. The minimum absolute atomic E-state index is 0.0423. The molecule has 0 amide bonds. The Labute approximate surface area is 168 Å². The maximum atomic E-state index is 6.07. The van der Waals surface area contributed by atoms with E-state index in [1.54, 1.807) is 0 Å². The van der Waals surface area contributed by atoms with Crippen molar-refractivity contribution in [3.8, 4) is 5.75 Å². The van der Waals surface area contributed by atoms with E-state index in [0.29, 0.717) is 6.61 Å². The first-order chi connectivity index (χ1) is 13.5. The first-order valence-corrected chi connectivity index (χ1v) is 9.85. The average molecular weight is 370 g/mol. The number of ether oxygens (including phenoxy) is 1.